The molecular weight excluding hydrogens is 368 g/mol. The van der Waals surface area contributed by atoms with Gasteiger partial charge in [-0.15, -0.1) is 0 Å². The van der Waals surface area contributed by atoms with Crippen LogP contribution in [0.15, 0.2) is 54.7 Å². The summed E-state index contributed by atoms with van der Waals surface area (Å²) >= 11 is 1.03. The van der Waals surface area contributed by atoms with E-state index in [0.717, 1.165) is 23.5 Å². The number of thiazole rings is 1. The number of aromatic nitrogens is 1. The molecule has 0 aliphatic rings. The first-order valence-corrected chi connectivity index (χ1v) is 8.31. The van der Waals surface area contributed by atoms with Crippen LogP contribution in [0, 0.1) is 5.82 Å². The molecule has 8 heteroatoms. The zero-order valence-electron chi connectivity index (χ0n) is 13.2. The number of hydrogen-bond donors (Lipinski definition) is 1. The Morgan fingerprint density at radius 2 is 1.88 bits per heavy atom. The van der Waals surface area contributed by atoms with Crippen LogP contribution in [0.2, 0.25) is 0 Å². The molecule has 26 heavy (non-hydrogen) atoms. The number of nitrogens with zero attached hydrogens (tertiary/aromatic N) is 1. The van der Waals surface area contributed by atoms with Crippen LogP contribution < -0.4 is 5.32 Å². The van der Waals surface area contributed by atoms with Gasteiger partial charge < -0.3 is 5.32 Å². The molecule has 1 aromatic heterocycles. The van der Waals surface area contributed by atoms with E-state index in [1.54, 1.807) is 12.1 Å². The molecule has 3 rings (SSSR count). The highest BCUT2D eigenvalue weighted by atomic mass is 32.1. The van der Waals surface area contributed by atoms with Gasteiger partial charge in [0, 0.05) is 12.1 Å². The van der Waals surface area contributed by atoms with Gasteiger partial charge in [-0.25, -0.2) is 9.37 Å². The van der Waals surface area contributed by atoms with Crippen molar-refractivity contribution in [1.82, 2.24) is 4.98 Å². The van der Waals surface area contributed by atoms with Crippen LogP contribution in [0.25, 0.3) is 0 Å². The minimum Gasteiger partial charge on any atom is -0.357 e. The van der Waals surface area contributed by atoms with Gasteiger partial charge in [0.1, 0.15) is 5.82 Å². The number of benzene rings is 2. The highest BCUT2D eigenvalue weighted by Gasteiger charge is 2.31. The third kappa shape index (κ3) is 4.26. The van der Waals surface area contributed by atoms with Crippen molar-refractivity contribution in [3.8, 4) is 0 Å². The van der Waals surface area contributed by atoms with Crippen molar-refractivity contribution in [2.24, 2.45) is 0 Å². The Balaban J connectivity index is 1.72. The lowest BCUT2D eigenvalue weighted by atomic mass is 10.1. The maximum atomic E-state index is 13.1. The molecule has 0 saturated carbocycles. The first-order valence-electron chi connectivity index (χ1n) is 7.49. The molecule has 0 aliphatic carbocycles. The topological polar surface area (TPSA) is 42.0 Å². The average Bonchev–Trinajstić information content (AvgIpc) is 3.08. The minimum atomic E-state index is -4.51. The van der Waals surface area contributed by atoms with Crippen molar-refractivity contribution in [2.75, 3.05) is 5.32 Å². The van der Waals surface area contributed by atoms with Crippen molar-refractivity contribution >= 4 is 22.3 Å². The molecule has 0 atom stereocenters. The van der Waals surface area contributed by atoms with E-state index in [-0.39, 0.29) is 16.3 Å². The summed E-state index contributed by atoms with van der Waals surface area (Å²) in [7, 11) is 0. The summed E-state index contributed by atoms with van der Waals surface area (Å²) in [5.74, 6) is -0.892. The molecule has 0 fully saturated rings. The summed E-state index contributed by atoms with van der Waals surface area (Å²) in [6, 6.07) is 10.3. The second kappa shape index (κ2) is 7.25. The largest absolute Gasteiger partial charge is 0.416 e. The van der Waals surface area contributed by atoms with Gasteiger partial charge in [-0.2, -0.15) is 13.2 Å². The summed E-state index contributed by atoms with van der Waals surface area (Å²) in [6.45, 7) is 0.308. The van der Waals surface area contributed by atoms with E-state index in [0.29, 0.717) is 17.2 Å². The average molecular weight is 380 g/mol. The maximum Gasteiger partial charge on any atom is 0.416 e. The van der Waals surface area contributed by atoms with E-state index < -0.39 is 17.5 Å². The Morgan fingerprint density at radius 1 is 1.12 bits per heavy atom. The van der Waals surface area contributed by atoms with Gasteiger partial charge in [0.15, 0.2) is 5.13 Å². The molecule has 134 valence electrons. The highest BCUT2D eigenvalue weighted by Crippen LogP contribution is 2.30. The molecule has 2 aromatic carbocycles. The van der Waals surface area contributed by atoms with Crippen LogP contribution in [0.4, 0.5) is 22.7 Å². The molecule has 0 unspecified atom stereocenters. The van der Waals surface area contributed by atoms with Gasteiger partial charge in [-0.05, 0) is 29.8 Å². The zero-order valence-corrected chi connectivity index (χ0v) is 14.0. The van der Waals surface area contributed by atoms with Crippen molar-refractivity contribution < 1.29 is 22.4 Å². The normalized spacial score (nSPS) is 11.4. The summed E-state index contributed by atoms with van der Waals surface area (Å²) in [5, 5.41) is 3.38. The third-order valence-corrected chi connectivity index (χ3v) is 4.47. The van der Waals surface area contributed by atoms with Gasteiger partial charge in [0.05, 0.1) is 16.6 Å². The monoisotopic (exact) mass is 380 g/mol. The Bertz CT molecular complexity index is 937. The predicted octanol–water partition coefficient (Wildman–Crippen LogP) is 5.14. The fraction of sp³-hybridized carbons (Fsp3) is 0.111. The lowest BCUT2D eigenvalue weighted by molar-refractivity contribution is -0.137. The SMILES string of the molecule is O=C(c1cccc(C(F)(F)F)c1)c1cnc(NCc2cccc(F)c2)s1. The van der Waals surface area contributed by atoms with Gasteiger partial charge in [0.25, 0.3) is 0 Å². The first-order chi connectivity index (χ1) is 12.3. The van der Waals surface area contributed by atoms with Crippen LogP contribution in [0.1, 0.15) is 26.4 Å². The number of carbonyl (C=O) groups is 1. The van der Waals surface area contributed by atoms with Crippen LogP contribution in [0.5, 0.6) is 0 Å². The smallest absolute Gasteiger partial charge is 0.357 e. The Labute approximate surface area is 150 Å². The molecule has 0 saturated heterocycles. The number of anilines is 1. The second-order valence-corrected chi connectivity index (χ2v) is 6.45. The molecule has 1 heterocycles. The van der Waals surface area contributed by atoms with E-state index in [9.17, 15) is 22.4 Å². The summed E-state index contributed by atoms with van der Waals surface area (Å²) in [4.78, 5) is 16.6. The number of halogens is 4. The summed E-state index contributed by atoms with van der Waals surface area (Å²) < 4.78 is 51.5. The summed E-state index contributed by atoms with van der Waals surface area (Å²) in [6.07, 6.45) is -3.21. The molecule has 0 radical (unpaired) electrons. The van der Waals surface area contributed by atoms with Crippen LogP contribution >= 0.6 is 11.3 Å². The number of carbonyl (C=O) groups excluding carboxylic acids is 1. The van der Waals surface area contributed by atoms with Crippen LogP contribution in [0.3, 0.4) is 0 Å². The number of rotatable bonds is 5. The first kappa shape index (κ1) is 18.1. The Morgan fingerprint density at radius 3 is 2.62 bits per heavy atom. The number of nitrogens with one attached hydrogen (secondary N) is 1. The van der Waals surface area contributed by atoms with Crippen molar-refractivity contribution in [3.05, 3.63) is 82.1 Å². The molecule has 0 aliphatic heterocycles. The van der Waals surface area contributed by atoms with Crippen molar-refractivity contribution in [3.63, 3.8) is 0 Å². The lowest BCUT2D eigenvalue weighted by Gasteiger charge is -2.07. The molecule has 3 nitrogen and oxygen atoms in total. The predicted molar refractivity (Wildman–Crippen MR) is 90.7 cm³/mol. The van der Waals surface area contributed by atoms with Gasteiger partial charge in [-0.1, -0.05) is 35.6 Å². The van der Waals surface area contributed by atoms with E-state index in [1.807, 2.05) is 0 Å². The maximum absolute atomic E-state index is 13.1. The molecular formula is C18H12F4N2OS. The number of ketones is 1. The van der Waals surface area contributed by atoms with Crippen LogP contribution in [-0.2, 0) is 12.7 Å². The minimum absolute atomic E-state index is 0.0554. The molecule has 0 spiro atoms. The fourth-order valence-corrected chi connectivity index (χ4v) is 3.04. The van der Waals surface area contributed by atoms with Gasteiger partial charge in [-0.3, -0.25) is 4.79 Å². The molecule has 3 aromatic rings. The Kier molecular flexibility index (Phi) is 5.03. The van der Waals surface area contributed by atoms with Gasteiger partial charge in [0.2, 0.25) is 5.78 Å². The van der Waals surface area contributed by atoms with Crippen LogP contribution in [-0.4, -0.2) is 10.8 Å². The molecule has 1 N–H and O–H groups in total. The van der Waals surface area contributed by atoms with Crippen molar-refractivity contribution in [2.45, 2.75) is 12.7 Å². The third-order valence-electron chi connectivity index (χ3n) is 3.51. The summed E-state index contributed by atoms with van der Waals surface area (Å²) in [5.41, 5.74) is -0.233. The number of hydrogen-bond acceptors (Lipinski definition) is 4. The number of alkyl halides is 3. The van der Waals surface area contributed by atoms with E-state index >= 15 is 0 Å². The molecule has 0 bridgehead atoms. The lowest BCUT2D eigenvalue weighted by Crippen LogP contribution is -2.07. The Hall–Kier alpha value is -2.74. The quantitative estimate of drug-likeness (QED) is 0.492. The standard InChI is InChI=1S/C18H12F4N2OS/c19-14-6-1-3-11(7-14)9-23-17-24-10-15(26-17)16(25)12-4-2-5-13(8-12)18(20,21)22/h1-8,10H,9H2,(H,23,24). The van der Waals surface area contributed by atoms with E-state index in [1.165, 1.54) is 30.5 Å². The highest BCUT2D eigenvalue weighted by molar-refractivity contribution is 7.17. The van der Waals surface area contributed by atoms with Crippen molar-refractivity contribution in [1.29, 1.82) is 0 Å². The van der Waals surface area contributed by atoms with Gasteiger partial charge >= 0.3 is 6.18 Å². The molecule has 0 amide bonds. The van der Waals surface area contributed by atoms with E-state index in [4.69, 9.17) is 0 Å². The van der Waals surface area contributed by atoms with E-state index in [2.05, 4.69) is 10.3 Å². The zero-order chi connectivity index (χ0) is 18.7. The fourth-order valence-electron chi connectivity index (χ4n) is 2.26. The second-order valence-electron chi connectivity index (χ2n) is 5.42.